The molecular weight excluding hydrogens is 198 g/mol. The molecule has 0 saturated heterocycles. The van der Waals surface area contributed by atoms with Gasteiger partial charge in [-0.2, -0.15) is 0 Å². The first-order valence-corrected chi connectivity index (χ1v) is 4.27. The molecule has 5 nitrogen and oxygen atoms in total. The highest BCUT2D eigenvalue weighted by Gasteiger charge is 2.10. The first-order valence-electron chi connectivity index (χ1n) is 4.27. The summed E-state index contributed by atoms with van der Waals surface area (Å²) in [5, 5.41) is 9.18. The third kappa shape index (κ3) is 1.59. The van der Waals surface area contributed by atoms with Crippen molar-refractivity contribution in [1.82, 2.24) is 4.98 Å². The normalized spacial score (nSPS) is 10.2. The maximum Gasteiger partial charge on any atom is 0.511 e. The zero-order chi connectivity index (χ0) is 10.8. The van der Waals surface area contributed by atoms with Crippen LogP contribution in [0.2, 0.25) is 0 Å². The Morgan fingerprint density at radius 2 is 2.20 bits per heavy atom. The number of fused-ring (bicyclic) bond motifs is 1. The van der Waals surface area contributed by atoms with E-state index < -0.39 is 6.16 Å². The summed E-state index contributed by atoms with van der Waals surface area (Å²) < 4.78 is 9.71. The Morgan fingerprint density at radius 1 is 1.40 bits per heavy atom. The fraction of sp³-hybridized carbons (Fsp3) is 0.100. The van der Waals surface area contributed by atoms with Gasteiger partial charge in [0.1, 0.15) is 5.75 Å². The van der Waals surface area contributed by atoms with Gasteiger partial charge in [0.15, 0.2) is 5.75 Å². The molecule has 0 unspecified atom stereocenters. The second-order valence-corrected chi connectivity index (χ2v) is 2.90. The maximum atomic E-state index is 10.4. The van der Waals surface area contributed by atoms with Crippen molar-refractivity contribution >= 4 is 17.1 Å². The van der Waals surface area contributed by atoms with Gasteiger partial charge in [-0.25, -0.2) is 4.79 Å². The van der Waals surface area contributed by atoms with Gasteiger partial charge in [-0.3, -0.25) is 0 Å². The Labute approximate surface area is 85.2 Å². The van der Waals surface area contributed by atoms with Gasteiger partial charge in [0, 0.05) is 11.6 Å². The molecule has 0 radical (unpaired) electrons. The zero-order valence-electron chi connectivity index (χ0n) is 7.98. The number of benzene rings is 1. The first kappa shape index (κ1) is 9.39. The maximum absolute atomic E-state index is 10.4. The van der Waals surface area contributed by atoms with E-state index >= 15 is 0 Å². The quantitative estimate of drug-likeness (QED) is 0.740. The molecule has 0 aliphatic heterocycles. The van der Waals surface area contributed by atoms with Gasteiger partial charge in [-0.05, 0) is 12.1 Å². The number of rotatable bonds is 2. The molecule has 2 aromatic rings. The highest BCUT2D eigenvalue weighted by molar-refractivity contribution is 5.91. The first-order chi connectivity index (χ1) is 7.22. The van der Waals surface area contributed by atoms with Crippen LogP contribution in [0.4, 0.5) is 4.79 Å². The van der Waals surface area contributed by atoms with Crippen LogP contribution >= 0.6 is 0 Å². The lowest BCUT2D eigenvalue weighted by atomic mass is 10.2. The van der Waals surface area contributed by atoms with E-state index in [2.05, 4.69) is 9.72 Å². The topological polar surface area (TPSA) is 71.6 Å². The van der Waals surface area contributed by atoms with Crippen molar-refractivity contribution in [2.24, 2.45) is 0 Å². The number of hydrogen-bond acceptors (Lipinski definition) is 3. The Balaban J connectivity index is 2.55. The van der Waals surface area contributed by atoms with Crippen LogP contribution in [0, 0.1) is 0 Å². The third-order valence-electron chi connectivity index (χ3n) is 2.06. The summed E-state index contributed by atoms with van der Waals surface area (Å²) in [4.78, 5) is 13.3. The van der Waals surface area contributed by atoms with E-state index in [4.69, 9.17) is 9.84 Å². The highest BCUT2D eigenvalue weighted by atomic mass is 16.7. The van der Waals surface area contributed by atoms with Crippen LogP contribution in [0.25, 0.3) is 10.9 Å². The Kier molecular flexibility index (Phi) is 2.21. The van der Waals surface area contributed by atoms with Crippen LogP contribution in [0.3, 0.4) is 0 Å². The Hall–Kier alpha value is -2.17. The number of carbonyl (C=O) groups is 1. The minimum absolute atomic E-state index is 0.274. The summed E-state index contributed by atoms with van der Waals surface area (Å²) in [5.74, 6) is 0.920. The standard InChI is InChI=1S/C10H9NO4/c1-14-7-4-2-3-6-8(15-10(12)13)5-11-9(6)7/h2-5,11H,1H3,(H,12,13). The molecule has 0 saturated carbocycles. The van der Waals surface area contributed by atoms with Crippen molar-refractivity contribution in [3.05, 3.63) is 24.4 Å². The summed E-state index contributed by atoms with van der Waals surface area (Å²) in [5.41, 5.74) is 0.719. The molecule has 0 aliphatic rings. The molecule has 15 heavy (non-hydrogen) atoms. The minimum atomic E-state index is -1.33. The number of para-hydroxylation sites is 1. The van der Waals surface area contributed by atoms with E-state index in [1.807, 2.05) is 0 Å². The molecule has 1 aromatic heterocycles. The van der Waals surface area contributed by atoms with Crippen molar-refractivity contribution in [2.75, 3.05) is 7.11 Å². The number of aromatic amines is 1. The van der Waals surface area contributed by atoms with Gasteiger partial charge >= 0.3 is 6.16 Å². The number of nitrogens with one attached hydrogen (secondary N) is 1. The average Bonchev–Trinajstić information content (AvgIpc) is 2.61. The predicted octanol–water partition coefficient (Wildman–Crippen LogP) is 2.23. The second kappa shape index (κ2) is 3.53. The Bertz CT molecular complexity index is 503. The van der Waals surface area contributed by atoms with Crippen molar-refractivity contribution in [3.8, 4) is 11.5 Å². The van der Waals surface area contributed by atoms with Crippen molar-refractivity contribution in [1.29, 1.82) is 0 Å². The summed E-state index contributed by atoms with van der Waals surface area (Å²) in [7, 11) is 1.55. The van der Waals surface area contributed by atoms with Crippen molar-refractivity contribution < 1.29 is 19.4 Å². The molecule has 1 aromatic carbocycles. The zero-order valence-corrected chi connectivity index (χ0v) is 7.98. The average molecular weight is 207 g/mol. The highest BCUT2D eigenvalue weighted by Crippen LogP contribution is 2.31. The number of carboxylic acid groups (broad SMARTS) is 1. The molecule has 0 aliphatic carbocycles. The molecule has 0 atom stereocenters. The third-order valence-corrected chi connectivity index (χ3v) is 2.06. The molecular formula is C10H9NO4. The largest absolute Gasteiger partial charge is 0.511 e. The van der Waals surface area contributed by atoms with E-state index in [-0.39, 0.29) is 5.75 Å². The summed E-state index contributed by atoms with van der Waals surface area (Å²) in [6.07, 6.45) is 0.153. The smallest absolute Gasteiger partial charge is 0.495 e. The molecule has 78 valence electrons. The van der Waals surface area contributed by atoms with Crippen LogP contribution < -0.4 is 9.47 Å². The molecule has 2 N–H and O–H groups in total. The SMILES string of the molecule is COc1cccc2c(OC(=O)O)c[nH]c12. The molecule has 2 rings (SSSR count). The molecule has 0 spiro atoms. The molecule has 5 heteroatoms. The van der Waals surface area contributed by atoms with Crippen molar-refractivity contribution in [3.63, 3.8) is 0 Å². The van der Waals surface area contributed by atoms with E-state index in [1.165, 1.54) is 6.20 Å². The fourth-order valence-electron chi connectivity index (χ4n) is 1.45. The predicted molar refractivity (Wildman–Crippen MR) is 53.5 cm³/mol. The van der Waals surface area contributed by atoms with Crippen molar-refractivity contribution in [2.45, 2.75) is 0 Å². The lowest BCUT2D eigenvalue weighted by Gasteiger charge is -2.01. The second-order valence-electron chi connectivity index (χ2n) is 2.90. The summed E-state index contributed by atoms with van der Waals surface area (Å²) in [6.45, 7) is 0. The van der Waals surface area contributed by atoms with E-state index in [0.717, 1.165) is 5.52 Å². The number of hydrogen-bond donors (Lipinski definition) is 2. The Morgan fingerprint density at radius 3 is 2.87 bits per heavy atom. The lowest BCUT2D eigenvalue weighted by molar-refractivity contribution is 0.145. The summed E-state index contributed by atoms with van der Waals surface area (Å²) >= 11 is 0. The number of ether oxygens (including phenoxy) is 2. The van der Waals surface area contributed by atoms with E-state index in [1.54, 1.807) is 25.3 Å². The van der Waals surface area contributed by atoms with Crippen LogP contribution in [-0.2, 0) is 0 Å². The number of aromatic nitrogens is 1. The lowest BCUT2D eigenvalue weighted by Crippen LogP contribution is -2.02. The van der Waals surface area contributed by atoms with Crippen LogP contribution in [0.1, 0.15) is 0 Å². The van der Waals surface area contributed by atoms with Gasteiger partial charge in [0.2, 0.25) is 0 Å². The molecule has 1 heterocycles. The van der Waals surface area contributed by atoms with Gasteiger partial charge in [-0.1, -0.05) is 6.07 Å². The molecule has 0 amide bonds. The van der Waals surface area contributed by atoms with Gasteiger partial charge in [-0.15, -0.1) is 0 Å². The number of methoxy groups -OCH3 is 1. The van der Waals surface area contributed by atoms with E-state index in [0.29, 0.717) is 11.1 Å². The van der Waals surface area contributed by atoms with Crippen LogP contribution in [-0.4, -0.2) is 23.4 Å². The fourth-order valence-corrected chi connectivity index (χ4v) is 1.45. The number of H-pyrrole nitrogens is 1. The molecule has 0 fully saturated rings. The summed E-state index contributed by atoms with van der Waals surface area (Å²) in [6, 6.07) is 5.31. The van der Waals surface area contributed by atoms with Crippen LogP contribution in [0.15, 0.2) is 24.4 Å². The molecule has 0 bridgehead atoms. The van der Waals surface area contributed by atoms with Gasteiger partial charge < -0.3 is 19.6 Å². The van der Waals surface area contributed by atoms with Crippen LogP contribution in [0.5, 0.6) is 11.5 Å². The van der Waals surface area contributed by atoms with Gasteiger partial charge in [0.25, 0.3) is 0 Å². The minimum Gasteiger partial charge on any atom is -0.495 e. The van der Waals surface area contributed by atoms with E-state index in [9.17, 15) is 4.79 Å². The monoisotopic (exact) mass is 207 g/mol. The van der Waals surface area contributed by atoms with Gasteiger partial charge in [0.05, 0.1) is 12.6 Å².